The Morgan fingerprint density at radius 1 is 1.65 bits per heavy atom. The Bertz CT molecular complexity index is 355. The van der Waals surface area contributed by atoms with E-state index in [9.17, 15) is 4.79 Å². The first-order valence-electron chi connectivity index (χ1n) is 6.20. The molecule has 0 bridgehead atoms. The van der Waals surface area contributed by atoms with Gasteiger partial charge in [0, 0.05) is 31.7 Å². The molecule has 3 N–H and O–H groups in total. The number of hydrogen-bond donors (Lipinski definition) is 2. The molecule has 94 valence electrons. The Balaban J connectivity index is 1.88. The molecule has 0 saturated carbocycles. The summed E-state index contributed by atoms with van der Waals surface area (Å²) in [5, 5.41) is 6.81. The van der Waals surface area contributed by atoms with Gasteiger partial charge in [0.1, 0.15) is 0 Å². The van der Waals surface area contributed by atoms with Gasteiger partial charge in [0.2, 0.25) is 5.91 Å². The van der Waals surface area contributed by atoms with Crippen LogP contribution in [0.25, 0.3) is 0 Å². The van der Waals surface area contributed by atoms with Gasteiger partial charge in [-0.3, -0.25) is 9.89 Å². The summed E-state index contributed by atoms with van der Waals surface area (Å²) >= 11 is 0. The predicted molar refractivity (Wildman–Crippen MR) is 65.4 cm³/mol. The third-order valence-electron chi connectivity index (χ3n) is 3.57. The number of H-pyrrole nitrogens is 1. The fourth-order valence-electron chi connectivity index (χ4n) is 2.33. The SMILES string of the molecule is CC(CN)C(=O)N1CCC(c2cn[nH]c2)CC1. The van der Waals surface area contributed by atoms with E-state index in [0.717, 1.165) is 25.9 Å². The molecule has 1 unspecified atom stereocenters. The van der Waals surface area contributed by atoms with Crippen molar-refractivity contribution in [2.75, 3.05) is 19.6 Å². The van der Waals surface area contributed by atoms with Gasteiger partial charge in [-0.1, -0.05) is 6.92 Å². The van der Waals surface area contributed by atoms with Crippen molar-refractivity contribution in [1.82, 2.24) is 15.1 Å². The summed E-state index contributed by atoms with van der Waals surface area (Å²) in [7, 11) is 0. The standard InChI is InChI=1S/C12H20N4O/c1-9(6-13)12(17)16-4-2-10(3-5-16)11-7-14-15-8-11/h7-10H,2-6,13H2,1H3,(H,14,15). The van der Waals surface area contributed by atoms with Crippen molar-refractivity contribution in [3.8, 4) is 0 Å². The van der Waals surface area contributed by atoms with Crippen LogP contribution in [-0.2, 0) is 4.79 Å². The van der Waals surface area contributed by atoms with E-state index in [-0.39, 0.29) is 11.8 Å². The van der Waals surface area contributed by atoms with Crippen LogP contribution in [0, 0.1) is 5.92 Å². The predicted octanol–water partition coefficient (Wildman–Crippen LogP) is 0.710. The Labute approximate surface area is 101 Å². The van der Waals surface area contributed by atoms with Crippen LogP contribution >= 0.6 is 0 Å². The third kappa shape index (κ3) is 2.66. The Kier molecular flexibility index (Phi) is 3.78. The number of aromatic amines is 1. The molecule has 0 radical (unpaired) electrons. The number of carbonyl (C=O) groups is 1. The average molecular weight is 236 g/mol. The number of aromatic nitrogens is 2. The van der Waals surface area contributed by atoms with Crippen molar-refractivity contribution in [2.24, 2.45) is 11.7 Å². The highest BCUT2D eigenvalue weighted by molar-refractivity contribution is 5.78. The maximum absolute atomic E-state index is 11.9. The second-order valence-electron chi connectivity index (χ2n) is 4.77. The molecule has 0 spiro atoms. The van der Waals surface area contributed by atoms with Crippen LogP contribution < -0.4 is 5.73 Å². The number of piperidine rings is 1. The maximum atomic E-state index is 11.9. The van der Waals surface area contributed by atoms with E-state index in [4.69, 9.17) is 5.73 Å². The smallest absolute Gasteiger partial charge is 0.226 e. The maximum Gasteiger partial charge on any atom is 0.226 e. The summed E-state index contributed by atoms with van der Waals surface area (Å²) < 4.78 is 0. The molecule has 2 rings (SSSR count). The lowest BCUT2D eigenvalue weighted by Crippen LogP contribution is -2.42. The van der Waals surface area contributed by atoms with E-state index in [1.807, 2.05) is 24.2 Å². The number of carbonyl (C=O) groups excluding carboxylic acids is 1. The number of nitrogens with one attached hydrogen (secondary N) is 1. The quantitative estimate of drug-likeness (QED) is 0.811. The molecule has 1 fully saturated rings. The van der Waals surface area contributed by atoms with Crippen LogP contribution in [0.4, 0.5) is 0 Å². The van der Waals surface area contributed by atoms with Gasteiger partial charge in [-0.25, -0.2) is 0 Å². The van der Waals surface area contributed by atoms with E-state index in [1.54, 1.807) is 0 Å². The lowest BCUT2D eigenvalue weighted by molar-refractivity contribution is -0.135. The van der Waals surface area contributed by atoms with Crippen molar-refractivity contribution in [2.45, 2.75) is 25.7 Å². The summed E-state index contributed by atoms with van der Waals surface area (Å²) in [4.78, 5) is 13.9. The summed E-state index contributed by atoms with van der Waals surface area (Å²) in [6.45, 7) is 3.99. The van der Waals surface area contributed by atoms with E-state index < -0.39 is 0 Å². The number of amides is 1. The second-order valence-corrected chi connectivity index (χ2v) is 4.77. The summed E-state index contributed by atoms with van der Waals surface area (Å²) in [5.41, 5.74) is 6.78. The molecular formula is C12H20N4O. The highest BCUT2D eigenvalue weighted by atomic mass is 16.2. The van der Waals surface area contributed by atoms with E-state index in [1.165, 1.54) is 5.56 Å². The van der Waals surface area contributed by atoms with Crippen molar-refractivity contribution in [1.29, 1.82) is 0 Å². The normalized spacial score (nSPS) is 19.3. The topological polar surface area (TPSA) is 75.0 Å². The van der Waals surface area contributed by atoms with E-state index in [0.29, 0.717) is 12.5 Å². The molecule has 1 amide bonds. The van der Waals surface area contributed by atoms with E-state index >= 15 is 0 Å². The molecule has 5 heteroatoms. The molecule has 1 aromatic heterocycles. The van der Waals surface area contributed by atoms with Gasteiger partial charge in [-0.15, -0.1) is 0 Å². The first-order chi connectivity index (χ1) is 8.22. The minimum Gasteiger partial charge on any atom is -0.342 e. The van der Waals surface area contributed by atoms with Gasteiger partial charge in [-0.05, 0) is 24.3 Å². The number of hydrogen-bond acceptors (Lipinski definition) is 3. The zero-order valence-corrected chi connectivity index (χ0v) is 10.2. The molecule has 1 aliphatic rings. The number of nitrogens with zero attached hydrogens (tertiary/aromatic N) is 2. The second kappa shape index (κ2) is 5.31. The van der Waals surface area contributed by atoms with Crippen LogP contribution in [0.5, 0.6) is 0 Å². The minimum absolute atomic E-state index is 0.0551. The van der Waals surface area contributed by atoms with Gasteiger partial charge in [0.15, 0.2) is 0 Å². The lowest BCUT2D eigenvalue weighted by Gasteiger charge is -2.33. The highest BCUT2D eigenvalue weighted by Gasteiger charge is 2.26. The number of likely N-dealkylation sites (tertiary alicyclic amines) is 1. The Morgan fingerprint density at radius 2 is 2.35 bits per heavy atom. The molecule has 2 heterocycles. The molecule has 1 aliphatic heterocycles. The van der Waals surface area contributed by atoms with Gasteiger partial charge in [0.25, 0.3) is 0 Å². The van der Waals surface area contributed by atoms with Gasteiger partial charge < -0.3 is 10.6 Å². The summed E-state index contributed by atoms with van der Waals surface area (Å²) in [6.07, 6.45) is 5.86. The first-order valence-corrected chi connectivity index (χ1v) is 6.20. The van der Waals surface area contributed by atoms with Crippen molar-refractivity contribution in [3.05, 3.63) is 18.0 Å². The van der Waals surface area contributed by atoms with Crippen molar-refractivity contribution >= 4 is 5.91 Å². The van der Waals surface area contributed by atoms with Gasteiger partial charge >= 0.3 is 0 Å². The zero-order chi connectivity index (χ0) is 12.3. The van der Waals surface area contributed by atoms with Crippen LogP contribution in [-0.4, -0.2) is 40.6 Å². The first kappa shape index (κ1) is 12.1. The molecule has 1 aromatic rings. The molecule has 17 heavy (non-hydrogen) atoms. The minimum atomic E-state index is -0.0551. The van der Waals surface area contributed by atoms with Crippen LogP contribution in [0.15, 0.2) is 12.4 Å². The number of nitrogens with two attached hydrogens (primary N) is 1. The highest BCUT2D eigenvalue weighted by Crippen LogP contribution is 2.27. The van der Waals surface area contributed by atoms with Gasteiger partial charge in [-0.2, -0.15) is 5.10 Å². The Morgan fingerprint density at radius 3 is 2.88 bits per heavy atom. The summed E-state index contributed by atoms with van der Waals surface area (Å²) in [5.74, 6) is 0.671. The summed E-state index contributed by atoms with van der Waals surface area (Å²) in [6, 6.07) is 0. The number of rotatable bonds is 3. The largest absolute Gasteiger partial charge is 0.342 e. The third-order valence-corrected chi connectivity index (χ3v) is 3.57. The zero-order valence-electron chi connectivity index (χ0n) is 10.2. The molecule has 5 nitrogen and oxygen atoms in total. The van der Waals surface area contributed by atoms with Crippen molar-refractivity contribution < 1.29 is 4.79 Å². The average Bonchev–Trinajstić information content (AvgIpc) is 2.91. The lowest BCUT2D eigenvalue weighted by atomic mass is 9.91. The fraction of sp³-hybridized carbons (Fsp3) is 0.667. The Hall–Kier alpha value is -1.36. The molecule has 1 atom stereocenters. The monoisotopic (exact) mass is 236 g/mol. The van der Waals surface area contributed by atoms with Crippen LogP contribution in [0.1, 0.15) is 31.2 Å². The molecule has 1 saturated heterocycles. The molecule has 0 aromatic carbocycles. The van der Waals surface area contributed by atoms with Gasteiger partial charge in [0.05, 0.1) is 6.20 Å². The fourth-order valence-corrected chi connectivity index (χ4v) is 2.33. The van der Waals surface area contributed by atoms with Crippen molar-refractivity contribution in [3.63, 3.8) is 0 Å². The van der Waals surface area contributed by atoms with E-state index in [2.05, 4.69) is 10.2 Å². The van der Waals surface area contributed by atoms with Crippen LogP contribution in [0.3, 0.4) is 0 Å². The molecule has 0 aliphatic carbocycles. The molecular weight excluding hydrogens is 216 g/mol. The van der Waals surface area contributed by atoms with Crippen LogP contribution in [0.2, 0.25) is 0 Å².